The third kappa shape index (κ3) is 5.08. The SMILES string of the molecule is O=C1CN(Cc2cn(C3CCN(C(=O)/C=C/c4ccccc4)CC3)nn2)CCN1. The van der Waals surface area contributed by atoms with Crippen LogP contribution in [-0.4, -0.2) is 69.3 Å². The molecule has 0 unspecified atom stereocenters. The van der Waals surface area contributed by atoms with E-state index in [-0.39, 0.29) is 17.9 Å². The van der Waals surface area contributed by atoms with Crippen LogP contribution in [0.25, 0.3) is 6.08 Å². The van der Waals surface area contributed by atoms with E-state index in [1.807, 2.05) is 52.2 Å². The van der Waals surface area contributed by atoms with Gasteiger partial charge in [0.25, 0.3) is 0 Å². The Morgan fingerprint density at radius 3 is 2.72 bits per heavy atom. The van der Waals surface area contributed by atoms with Gasteiger partial charge >= 0.3 is 0 Å². The molecule has 29 heavy (non-hydrogen) atoms. The van der Waals surface area contributed by atoms with Crippen LogP contribution >= 0.6 is 0 Å². The van der Waals surface area contributed by atoms with Gasteiger partial charge in [0.2, 0.25) is 11.8 Å². The molecule has 0 bridgehead atoms. The molecule has 1 aromatic heterocycles. The largest absolute Gasteiger partial charge is 0.354 e. The molecule has 0 atom stereocenters. The summed E-state index contributed by atoms with van der Waals surface area (Å²) in [5, 5.41) is 11.4. The molecule has 2 saturated heterocycles. The molecule has 0 radical (unpaired) electrons. The minimum Gasteiger partial charge on any atom is -0.354 e. The van der Waals surface area contributed by atoms with Crippen molar-refractivity contribution in [2.45, 2.75) is 25.4 Å². The first-order valence-electron chi connectivity index (χ1n) is 10.1. The van der Waals surface area contributed by atoms with Gasteiger partial charge in [-0.05, 0) is 24.5 Å². The van der Waals surface area contributed by atoms with Crippen LogP contribution in [0.4, 0.5) is 0 Å². The van der Waals surface area contributed by atoms with Crippen LogP contribution in [0.2, 0.25) is 0 Å². The molecule has 0 saturated carbocycles. The highest BCUT2D eigenvalue weighted by Gasteiger charge is 2.24. The number of amides is 2. The fraction of sp³-hybridized carbons (Fsp3) is 0.429. The van der Waals surface area contributed by atoms with Gasteiger partial charge in [-0.2, -0.15) is 0 Å². The zero-order valence-electron chi connectivity index (χ0n) is 16.4. The predicted molar refractivity (Wildman–Crippen MR) is 109 cm³/mol. The molecular formula is C21H26N6O2. The number of nitrogens with one attached hydrogen (secondary N) is 1. The van der Waals surface area contributed by atoms with E-state index >= 15 is 0 Å². The molecule has 1 N–H and O–H groups in total. The average molecular weight is 394 g/mol. The summed E-state index contributed by atoms with van der Waals surface area (Å²) in [5.41, 5.74) is 1.90. The number of piperidine rings is 1. The lowest BCUT2D eigenvalue weighted by atomic mass is 10.1. The lowest BCUT2D eigenvalue weighted by Crippen LogP contribution is -2.47. The molecule has 1 aromatic carbocycles. The van der Waals surface area contributed by atoms with Crippen LogP contribution < -0.4 is 5.32 Å². The highest BCUT2D eigenvalue weighted by Crippen LogP contribution is 2.22. The van der Waals surface area contributed by atoms with Crippen LogP contribution in [0.5, 0.6) is 0 Å². The maximum Gasteiger partial charge on any atom is 0.246 e. The first-order valence-corrected chi connectivity index (χ1v) is 10.1. The van der Waals surface area contributed by atoms with E-state index in [4.69, 9.17) is 0 Å². The van der Waals surface area contributed by atoms with Crippen molar-refractivity contribution in [1.29, 1.82) is 0 Å². The van der Waals surface area contributed by atoms with Crippen LogP contribution in [0.1, 0.15) is 30.1 Å². The smallest absolute Gasteiger partial charge is 0.246 e. The Hall–Kier alpha value is -3.00. The zero-order chi connectivity index (χ0) is 20.1. The van der Waals surface area contributed by atoms with E-state index < -0.39 is 0 Å². The standard InChI is InChI=1S/C21H26N6O2/c28-20-16-25(13-10-22-20)14-18-15-27(24-23-18)19-8-11-26(12-9-19)21(29)7-6-17-4-2-1-3-5-17/h1-7,15,19H,8-14,16H2,(H,22,28)/b7-6+. The summed E-state index contributed by atoms with van der Waals surface area (Å²) in [6.45, 7) is 3.97. The maximum absolute atomic E-state index is 12.4. The highest BCUT2D eigenvalue weighted by atomic mass is 16.2. The predicted octanol–water partition coefficient (Wildman–Crippen LogP) is 1.09. The highest BCUT2D eigenvalue weighted by molar-refractivity contribution is 5.91. The first-order chi connectivity index (χ1) is 14.2. The summed E-state index contributed by atoms with van der Waals surface area (Å²) in [6, 6.07) is 10.1. The Bertz CT molecular complexity index is 870. The van der Waals surface area contributed by atoms with E-state index in [0.29, 0.717) is 32.7 Å². The number of hydrogen-bond acceptors (Lipinski definition) is 5. The van der Waals surface area contributed by atoms with E-state index in [1.165, 1.54) is 0 Å². The Morgan fingerprint density at radius 2 is 1.97 bits per heavy atom. The molecule has 2 aliphatic rings. The van der Waals surface area contributed by atoms with Gasteiger partial charge < -0.3 is 10.2 Å². The summed E-state index contributed by atoms with van der Waals surface area (Å²) >= 11 is 0. The van der Waals surface area contributed by atoms with Gasteiger partial charge in [-0.1, -0.05) is 35.5 Å². The molecule has 152 valence electrons. The van der Waals surface area contributed by atoms with Crippen LogP contribution in [-0.2, 0) is 16.1 Å². The van der Waals surface area contributed by atoms with Crippen molar-refractivity contribution >= 4 is 17.9 Å². The number of hydrogen-bond donors (Lipinski definition) is 1. The molecular weight excluding hydrogens is 368 g/mol. The van der Waals surface area contributed by atoms with Gasteiger partial charge in [-0.15, -0.1) is 5.10 Å². The molecule has 3 heterocycles. The van der Waals surface area contributed by atoms with Gasteiger partial charge in [-0.25, -0.2) is 4.68 Å². The van der Waals surface area contributed by atoms with Crippen molar-refractivity contribution in [1.82, 2.24) is 30.1 Å². The lowest BCUT2D eigenvalue weighted by molar-refractivity contribution is -0.127. The monoisotopic (exact) mass is 394 g/mol. The number of carbonyl (C=O) groups excluding carboxylic acids is 2. The van der Waals surface area contributed by atoms with Crippen molar-refractivity contribution in [3.05, 3.63) is 53.9 Å². The van der Waals surface area contributed by atoms with E-state index in [0.717, 1.165) is 30.6 Å². The summed E-state index contributed by atoms with van der Waals surface area (Å²) in [4.78, 5) is 27.9. The first kappa shape index (κ1) is 19.3. The molecule has 2 aliphatic heterocycles. The summed E-state index contributed by atoms with van der Waals surface area (Å²) in [6.07, 6.45) is 7.21. The summed E-state index contributed by atoms with van der Waals surface area (Å²) < 4.78 is 1.92. The van der Waals surface area contributed by atoms with E-state index in [1.54, 1.807) is 6.08 Å². The van der Waals surface area contributed by atoms with Gasteiger partial charge in [0.15, 0.2) is 0 Å². The Kier molecular flexibility index (Phi) is 6.00. The molecule has 2 fully saturated rings. The second-order valence-corrected chi connectivity index (χ2v) is 7.55. The van der Waals surface area contributed by atoms with Crippen LogP contribution in [0.3, 0.4) is 0 Å². The van der Waals surface area contributed by atoms with Gasteiger partial charge in [-0.3, -0.25) is 14.5 Å². The lowest BCUT2D eigenvalue weighted by Gasteiger charge is -2.31. The normalized spacial score (nSPS) is 18.9. The average Bonchev–Trinajstić information content (AvgIpc) is 3.21. The second kappa shape index (κ2) is 9.00. The quantitative estimate of drug-likeness (QED) is 0.768. The Labute approximate surface area is 170 Å². The molecule has 8 heteroatoms. The third-order valence-electron chi connectivity index (χ3n) is 5.43. The number of nitrogens with zero attached hydrogens (tertiary/aromatic N) is 5. The molecule has 0 aliphatic carbocycles. The van der Waals surface area contributed by atoms with Crippen molar-refractivity contribution < 1.29 is 9.59 Å². The fourth-order valence-corrected chi connectivity index (χ4v) is 3.81. The number of carbonyl (C=O) groups is 2. The van der Waals surface area contributed by atoms with Crippen molar-refractivity contribution in [3.63, 3.8) is 0 Å². The van der Waals surface area contributed by atoms with E-state index in [2.05, 4.69) is 20.5 Å². The van der Waals surface area contributed by atoms with Crippen LogP contribution in [0, 0.1) is 0 Å². The molecule has 8 nitrogen and oxygen atoms in total. The third-order valence-corrected chi connectivity index (χ3v) is 5.43. The van der Waals surface area contributed by atoms with E-state index in [9.17, 15) is 9.59 Å². The maximum atomic E-state index is 12.4. The molecule has 2 aromatic rings. The Morgan fingerprint density at radius 1 is 1.17 bits per heavy atom. The van der Waals surface area contributed by atoms with Gasteiger partial charge in [0.1, 0.15) is 0 Å². The van der Waals surface area contributed by atoms with Gasteiger partial charge in [0, 0.05) is 38.8 Å². The molecule has 4 rings (SSSR count). The summed E-state index contributed by atoms with van der Waals surface area (Å²) in [5.74, 6) is 0.108. The van der Waals surface area contributed by atoms with Gasteiger partial charge in [0.05, 0.1) is 24.5 Å². The number of aromatic nitrogens is 3. The van der Waals surface area contributed by atoms with Crippen molar-refractivity contribution in [3.8, 4) is 0 Å². The number of rotatable bonds is 5. The second-order valence-electron chi connectivity index (χ2n) is 7.55. The molecule has 2 amide bonds. The Balaban J connectivity index is 1.27. The molecule has 0 spiro atoms. The number of benzene rings is 1. The van der Waals surface area contributed by atoms with Crippen molar-refractivity contribution in [2.75, 3.05) is 32.7 Å². The van der Waals surface area contributed by atoms with Crippen LogP contribution in [0.15, 0.2) is 42.6 Å². The summed E-state index contributed by atoms with van der Waals surface area (Å²) in [7, 11) is 0. The fourth-order valence-electron chi connectivity index (χ4n) is 3.81. The number of likely N-dealkylation sites (tertiary alicyclic amines) is 1. The minimum absolute atomic E-state index is 0.0509. The topological polar surface area (TPSA) is 83.4 Å². The zero-order valence-corrected chi connectivity index (χ0v) is 16.4. The minimum atomic E-state index is 0.0509. The van der Waals surface area contributed by atoms with Crippen molar-refractivity contribution in [2.24, 2.45) is 0 Å². The number of piperazine rings is 1.